The van der Waals surface area contributed by atoms with Gasteiger partial charge in [-0.1, -0.05) is 0 Å². The van der Waals surface area contributed by atoms with Gasteiger partial charge >= 0.3 is 17.7 Å². The third kappa shape index (κ3) is 5.00. The second-order valence-corrected chi connectivity index (χ2v) is 6.04. The van der Waals surface area contributed by atoms with Crippen molar-refractivity contribution in [2.45, 2.75) is 52.9 Å². The fourth-order valence-electron chi connectivity index (χ4n) is 1.80. The van der Waals surface area contributed by atoms with E-state index in [0.29, 0.717) is 11.4 Å². The minimum atomic E-state index is -1.21. The molecule has 0 bridgehead atoms. The molecule has 0 amide bonds. The Morgan fingerprint density at radius 2 is 2.04 bits per heavy atom. The van der Waals surface area contributed by atoms with Crippen molar-refractivity contribution in [1.82, 2.24) is 4.57 Å². The van der Waals surface area contributed by atoms with Gasteiger partial charge in [-0.3, -0.25) is 4.57 Å². The van der Waals surface area contributed by atoms with E-state index in [1.165, 1.54) is 11.5 Å². The maximum Gasteiger partial charge on any atom is 0.468 e. The Bertz CT molecular complexity index is 647. The lowest BCUT2D eigenvalue weighted by Crippen LogP contribution is -2.28. The summed E-state index contributed by atoms with van der Waals surface area (Å²) in [5.41, 5.74) is 0.0237. The molecule has 0 aliphatic carbocycles. The van der Waals surface area contributed by atoms with Gasteiger partial charge in [0.2, 0.25) is 5.39 Å². The molecule has 0 fully saturated rings. The van der Waals surface area contributed by atoms with Gasteiger partial charge in [-0.15, -0.1) is 0 Å². The third-order valence-corrected chi connectivity index (χ3v) is 2.81. The minimum Gasteiger partial charge on any atom is -0.475 e. The zero-order chi connectivity index (χ0) is 17.8. The molecule has 1 atom stereocenters. The van der Waals surface area contributed by atoms with Crippen molar-refractivity contribution < 1.29 is 24.5 Å². The Labute approximate surface area is 134 Å². The molecule has 2 N–H and O–H groups in total. The van der Waals surface area contributed by atoms with Gasteiger partial charge in [-0.05, 0) is 46.8 Å². The van der Waals surface area contributed by atoms with Crippen LogP contribution in [0.25, 0.3) is 4.98 Å². The molecular weight excluding hydrogens is 302 g/mol. The van der Waals surface area contributed by atoms with Gasteiger partial charge < -0.3 is 19.7 Å². The first-order chi connectivity index (χ1) is 10.6. The molecule has 1 unspecified atom stereocenters. The van der Waals surface area contributed by atoms with Crippen LogP contribution >= 0.6 is 0 Å². The predicted molar refractivity (Wildman–Crippen MR) is 82.0 cm³/mol. The van der Waals surface area contributed by atoms with E-state index >= 15 is 0 Å². The largest absolute Gasteiger partial charge is 0.475 e. The molecule has 1 heterocycles. The molecule has 8 nitrogen and oxygen atoms in total. The van der Waals surface area contributed by atoms with Gasteiger partial charge in [0.05, 0.1) is 5.69 Å². The monoisotopic (exact) mass is 324 g/mol. The average Bonchev–Trinajstić information content (AvgIpc) is 2.76. The number of aryl methyl sites for hydroxylation is 1. The molecule has 8 heteroatoms. The van der Waals surface area contributed by atoms with E-state index in [2.05, 4.69) is 4.98 Å². The highest BCUT2D eigenvalue weighted by Crippen LogP contribution is 2.17. The smallest absolute Gasteiger partial charge is 0.468 e. The van der Waals surface area contributed by atoms with Crippen molar-refractivity contribution >= 4 is 6.09 Å². The van der Waals surface area contributed by atoms with Crippen LogP contribution in [0.4, 0.5) is 4.79 Å². The van der Waals surface area contributed by atoms with E-state index in [4.69, 9.17) is 14.9 Å². The summed E-state index contributed by atoms with van der Waals surface area (Å²) in [7, 11) is 0. The Morgan fingerprint density at radius 1 is 1.43 bits per heavy atom. The first-order valence-electron chi connectivity index (χ1n) is 7.06. The second-order valence-electron chi connectivity index (χ2n) is 6.04. The van der Waals surface area contributed by atoms with Crippen LogP contribution in [0, 0.1) is 12.3 Å². The molecule has 1 aromatic rings. The van der Waals surface area contributed by atoms with Crippen molar-refractivity contribution in [2.75, 3.05) is 0 Å². The lowest BCUT2D eigenvalue weighted by Gasteiger charge is -2.21. The van der Waals surface area contributed by atoms with Gasteiger partial charge in [-0.25, -0.2) is 4.79 Å². The van der Waals surface area contributed by atoms with Crippen molar-refractivity contribution in [2.24, 2.45) is 0 Å². The first-order valence-corrected chi connectivity index (χ1v) is 7.06. The van der Waals surface area contributed by atoms with Crippen LogP contribution < -0.4 is 0 Å². The molecular formula is C15H22N3O5+. The van der Waals surface area contributed by atoms with Crippen LogP contribution in [0.15, 0.2) is 23.8 Å². The normalized spacial score (nSPS) is 13.8. The molecule has 0 saturated heterocycles. The molecule has 0 aliphatic rings. The molecule has 23 heavy (non-hydrogen) atoms. The summed E-state index contributed by atoms with van der Waals surface area (Å²) < 4.78 is 11.7. The number of diazo groups is 1. The average molecular weight is 324 g/mol. The zero-order valence-electron chi connectivity index (χ0n) is 13.9. The van der Waals surface area contributed by atoms with Gasteiger partial charge in [0.25, 0.3) is 0 Å². The van der Waals surface area contributed by atoms with Crippen LogP contribution in [-0.2, 0) is 16.1 Å². The minimum absolute atomic E-state index is 0.176. The number of nitrogens with zero attached hydrogens (tertiary/aromatic N) is 3. The fraction of sp³-hybridized carbons (Fsp3) is 0.533. The Hall–Kier alpha value is -2.53. The number of hydrogen-bond donors (Lipinski definition) is 2. The number of aliphatic hydroxyl groups is 2. The lowest BCUT2D eigenvalue weighted by molar-refractivity contribution is 0.0475. The number of carbonyl (C=O) groups is 1. The number of carbonyl (C=O) groups excluding carboxylic acids is 1. The van der Waals surface area contributed by atoms with Crippen LogP contribution in [-0.4, -0.2) is 32.6 Å². The highest BCUT2D eigenvalue weighted by atomic mass is 16.6. The Balaban J connectivity index is 2.96. The second kappa shape index (κ2) is 7.15. The van der Waals surface area contributed by atoms with E-state index in [9.17, 15) is 15.0 Å². The lowest BCUT2D eigenvalue weighted by atomic mass is 10.2. The Morgan fingerprint density at radius 3 is 2.52 bits per heavy atom. The van der Waals surface area contributed by atoms with E-state index in [0.717, 1.165) is 0 Å². The van der Waals surface area contributed by atoms with Gasteiger partial charge in [-0.2, -0.15) is 0 Å². The molecule has 0 radical (unpaired) electrons. The van der Waals surface area contributed by atoms with E-state index in [1.807, 2.05) is 0 Å². The van der Waals surface area contributed by atoms with E-state index < -0.39 is 29.4 Å². The van der Waals surface area contributed by atoms with Gasteiger partial charge in [0, 0.05) is 5.69 Å². The molecule has 0 spiro atoms. The summed E-state index contributed by atoms with van der Waals surface area (Å²) in [6.45, 7) is 8.13. The predicted octanol–water partition coefficient (Wildman–Crippen LogP) is 3.06. The van der Waals surface area contributed by atoms with Crippen LogP contribution in [0.2, 0.25) is 0 Å². The SMILES string of the molecule is Cc1ccc(CO/C(O)=C(\[N+]#N)C(C)O)n1C(=O)OC(C)(C)C. The highest BCUT2D eigenvalue weighted by Gasteiger charge is 2.28. The summed E-state index contributed by atoms with van der Waals surface area (Å²) in [4.78, 5) is 15.0. The molecule has 0 aliphatic heterocycles. The highest BCUT2D eigenvalue weighted by molar-refractivity contribution is 5.73. The third-order valence-electron chi connectivity index (χ3n) is 2.81. The van der Waals surface area contributed by atoms with Crippen molar-refractivity contribution in [1.29, 1.82) is 5.39 Å². The summed E-state index contributed by atoms with van der Waals surface area (Å²) in [6.07, 6.45) is -1.77. The van der Waals surface area contributed by atoms with Crippen LogP contribution in [0.1, 0.15) is 39.1 Å². The number of ether oxygens (including phenoxy) is 2. The zero-order valence-corrected chi connectivity index (χ0v) is 13.9. The maximum atomic E-state index is 12.2. The number of aromatic nitrogens is 1. The number of rotatable bonds is 4. The first kappa shape index (κ1) is 18.5. The quantitative estimate of drug-likeness (QED) is 0.651. The standard InChI is InChI=1S/C15H21N3O5/c1-9-6-7-11(18(9)14(21)23-15(3,4)5)8-22-13(20)12(17-16)10(2)19/h6-7,10,19H,8H2,1-5H3/p+1/b13-12-. The van der Waals surface area contributed by atoms with Crippen molar-refractivity contribution in [3.8, 4) is 0 Å². The molecule has 1 rings (SSSR count). The summed E-state index contributed by atoms with van der Waals surface area (Å²) in [5, 5.41) is 27.7. The molecule has 126 valence electrons. The Kier molecular flexibility index (Phi) is 5.76. The number of aliphatic hydroxyl groups excluding tert-OH is 2. The topological polar surface area (TPSA) is 109 Å². The van der Waals surface area contributed by atoms with Crippen LogP contribution in [0.3, 0.4) is 0 Å². The van der Waals surface area contributed by atoms with Crippen LogP contribution in [0.5, 0.6) is 0 Å². The molecule has 0 aromatic carbocycles. The van der Waals surface area contributed by atoms with E-state index in [1.54, 1.807) is 39.8 Å². The molecule has 0 saturated carbocycles. The van der Waals surface area contributed by atoms with Gasteiger partial charge in [0.15, 0.2) is 11.1 Å². The van der Waals surface area contributed by atoms with E-state index in [-0.39, 0.29) is 6.61 Å². The fourth-order valence-corrected chi connectivity index (χ4v) is 1.80. The van der Waals surface area contributed by atoms with Gasteiger partial charge in [0.1, 0.15) is 12.2 Å². The molecule has 1 aromatic heterocycles. The number of hydrogen-bond acceptors (Lipinski definition) is 6. The summed E-state index contributed by atoms with van der Waals surface area (Å²) in [5.74, 6) is -0.725. The summed E-state index contributed by atoms with van der Waals surface area (Å²) in [6, 6.07) is 3.35. The van der Waals surface area contributed by atoms with Crippen molar-refractivity contribution in [3.63, 3.8) is 0 Å². The summed E-state index contributed by atoms with van der Waals surface area (Å²) >= 11 is 0. The van der Waals surface area contributed by atoms with Crippen molar-refractivity contribution in [3.05, 3.63) is 40.1 Å². The maximum absolute atomic E-state index is 12.2.